The molecule has 2 N–H and O–H groups in total. The molecule has 2 fully saturated rings. The molecule has 8 nitrogen and oxygen atoms in total. The molecule has 40 heavy (non-hydrogen) atoms. The number of hydrogen-bond acceptors (Lipinski definition) is 7. The van der Waals surface area contributed by atoms with Crippen molar-refractivity contribution in [3.05, 3.63) is 54.0 Å². The fourth-order valence-electron chi connectivity index (χ4n) is 5.69. The van der Waals surface area contributed by atoms with Gasteiger partial charge in [-0.2, -0.15) is 0 Å². The van der Waals surface area contributed by atoms with Crippen molar-refractivity contribution in [2.75, 3.05) is 6.54 Å². The highest BCUT2D eigenvalue weighted by atomic mass is 16.7. The van der Waals surface area contributed by atoms with E-state index in [0.717, 1.165) is 64.4 Å². The number of ether oxygens (including phenoxy) is 2. The summed E-state index contributed by atoms with van der Waals surface area (Å²) in [7, 11) is -0.398. The number of H-pyrrole nitrogens is 1. The van der Waals surface area contributed by atoms with Gasteiger partial charge in [0.15, 0.2) is 0 Å². The molecule has 0 saturated carbocycles. The van der Waals surface area contributed by atoms with Gasteiger partial charge >= 0.3 is 7.12 Å². The third-order valence-electron chi connectivity index (χ3n) is 8.57. The van der Waals surface area contributed by atoms with E-state index in [1.165, 1.54) is 0 Å². The zero-order valence-corrected chi connectivity index (χ0v) is 24.6. The highest BCUT2D eigenvalue weighted by Gasteiger charge is 2.51. The Kier molecular flexibility index (Phi) is 6.67. The van der Waals surface area contributed by atoms with Crippen LogP contribution in [0.25, 0.3) is 22.4 Å². The van der Waals surface area contributed by atoms with Crippen LogP contribution in [0.3, 0.4) is 0 Å². The van der Waals surface area contributed by atoms with Crippen LogP contribution in [0.4, 0.5) is 0 Å². The van der Waals surface area contributed by atoms with Gasteiger partial charge in [-0.1, -0.05) is 24.3 Å². The second-order valence-electron chi connectivity index (χ2n) is 13.1. The van der Waals surface area contributed by atoms with Crippen molar-refractivity contribution in [3.63, 3.8) is 0 Å². The quantitative estimate of drug-likeness (QED) is 0.338. The van der Waals surface area contributed by atoms with Gasteiger partial charge < -0.3 is 28.9 Å². The van der Waals surface area contributed by atoms with Crippen LogP contribution < -0.4 is 10.2 Å². The van der Waals surface area contributed by atoms with E-state index in [1.54, 1.807) is 0 Å². The summed E-state index contributed by atoms with van der Waals surface area (Å²) in [5.74, 6) is 1.68. The first kappa shape index (κ1) is 27.5. The van der Waals surface area contributed by atoms with Crippen molar-refractivity contribution in [2.45, 2.75) is 97.2 Å². The second-order valence-corrected chi connectivity index (χ2v) is 13.1. The summed E-state index contributed by atoms with van der Waals surface area (Å²) >= 11 is 0. The molecule has 0 aliphatic carbocycles. The number of benzene rings is 2. The summed E-state index contributed by atoms with van der Waals surface area (Å²) in [6, 6.07) is 12.6. The van der Waals surface area contributed by atoms with Gasteiger partial charge in [0.2, 0.25) is 6.41 Å². The SMILES string of the molecule is CC(C)(C)OC(O)N1CCC[C@H]1c1ncc(-c2ccc3c(c2)OCc2cc(B4OC(C)(C)C(C)(C)O4)ccc2-3)[nH]1. The lowest BCUT2D eigenvalue weighted by Gasteiger charge is -2.32. The van der Waals surface area contributed by atoms with Crippen molar-refractivity contribution in [1.82, 2.24) is 14.9 Å². The summed E-state index contributed by atoms with van der Waals surface area (Å²) in [6.45, 7) is 15.4. The van der Waals surface area contributed by atoms with Crippen LogP contribution in [0.2, 0.25) is 0 Å². The van der Waals surface area contributed by atoms with Gasteiger partial charge in [0.25, 0.3) is 0 Å². The van der Waals surface area contributed by atoms with Crippen molar-refractivity contribution < 1.29 is 23.9 Å². The second kappa shape index (κ2) is 9.70. The Morgan fingerprint density at radius 1 is 1.07 bits per heavy atom. The van der Waals surface area contributed by atoms with Crippen molar-refractivity contribution in [2.24, 2.45) is 0 Å². The van der Waals surface area contributed by atoms with E-state index in [2.05, 4.69) is 69.1 Å². The maximum atomic E-state index is 10.7. The third-order valence-corrected chi connectivity index (χ3v) is 8.57. The standard InChI is InChI=1S/C31H40BN3O5/c1-29(2,3)38-28(36)35-14-8-9-25(35)27-33-17-24(34-27)19-10-12-23-22-13-11-21(15-20(22)18-37-26(23)16-19)32-39-30(4,5)31(6,7)40-32/h10-13,15-17,25,28,36H,8-9,14,18H2,1-7H3,(H,33,34)/t25-,28?/m0/s1. The van der Waals surface area contributed by atoms with E-state index in [-0.39, 0.29) is 17.2 Å². The number of nitrogens with one attached hydrogen (secondary N) is 1. The van der Waals surface area contributed by atoms with E-state index >= 15 is 0 Å². The van der Waals surface area contributed by atoms with E-state index in [0.29, 0.717) is 6.61 Å². The maximum absolute atomic E-state index is 10.7. The van der Waals surface area contributed by atoms with Gasteiger partial charge in [-0.3, -0.25) is 0 Å². The predicted octanol–water partition coefficient (Wildman–Crippen LogP) is 5.16. The molecule has 3 aromatic rings. The molecule has 3 aliphatic rings. The van der Waals surface area contributed by atoms with E-state index in [1.807, 2.05) is 31.9 Å². The molecule has 0 bridgehead atoms. The molecule has 2 atom stereocenters. The van der Waals surface area contributed by atoms with Gasteiger partial charge in [-0.15, -0.1) is 0 Å². The normalized spacial score (nSPS) is 22.6. The summed E-state index contributed by atoms with van der Waals surface area (Å²) < 4.78 is 24.6. The van der Waals surface area contributed by atoms with Crippen LogP contribution in [0.1, 0.15) is 78.7 Å². The Balaban J connectivity index is 1.21. The number of aliphatic hydroxyl groups is 1. The smallest absolute Gasteiger partial charge is 0.488 e. The Labute approximate surface area is 237 Å². The van der Waals surface area contributed by atoms with E-state index in [4.69, 9.17) is 23.8 Å². The van der Waals surface area contributed by atoms with Gasteiger partial charge in [0.1, 0.15) is 18.2 Å². The zero-order valence-electron chi connectivity index (χ0n) is 24.6. The third kappa shape index (κ3) is 4.99. The lowest BCUT2D eigenvalue weighted by Crippen LogP contribution is -2.41. The molecule has 2 saturated heterocycles. The molecule has 0 radical (unpaired) electrons. The molecular weight excluding hydrogens is 505 g/mol. The fraction of sp³-hybridized carbons (Fsp3) is 0.516. The van der Waals surface area contributed by atoms with Crippen molar-refractivity contribution in [1.29, 1.82) is 0 Å². The molecular formula is C31H40BN3O5. The zero-order chi connectivity index (χ0) is 28.4. The van der Waals surface area contributed by atoms with Crippen LogP contribution in [-0.2, 0) is 20.7 Å². The molecule has 1 unspecified atom stereocenters. The lowest BCUT2D eigenvalue weighted by atomic mass is 9.77. The summed E-state index contributed by atoms with van der Waals surface area (Å²) in [4.78, 5) is 10.2. The summed E-state index contributed by atoms with van der Waals surface area (Å²) in [5.41, 5.74) is 5.08. The van der Waals surface area contributed by atoms with Crippen LogP contribution in [0.5, 0.6) is 5.75 Å². The minimum Gasteiger partial charge on any atom is -0.488 e. The number of aromatic amines is 1. The largest absolute Gasteiger partial charge is 0.494 e. The number of imidazole rings is 1. The Morgan fingerprint density at radius 2 is 1.80 bits per heavy atom. The van der Waals surface area contributed by atoms with Crippen LogP contribution >= 0.6 is 0 Å². The number of fused-ring (bicyclic) bond motifs is 3. The maximum Gasteiger partial charge on any atom is 0.494 e. The van der Waals surface area contributed by atoms with Crippen molar-refractivity contribution in [3.8, 4) is 28.1 Å². The Hall–Kier alpha value is -2.69. The molecule has 6 rings (SSSR count). The van der Waals surface area contributed by atoms with Gasteiger partial charge in [0, 0.05) is 17.7 Å². The first-order valence-electron chi connectivity index (χ1n) is 14.2. The Morgan fingerprint density at radius 3 is 2.52 bits per heavy atom. The molecule has 212 valence electrons. The first-order valence-corrected chi connectivity index (χ1v) is 14.2. The number of aromatic nitrogens is 2. The topological polar surface area (TPSA) is 89.1 Å². The van der Waals surface area contributed by atoms with Crippen LogP contribution in [0.15, 0.2) is 42.6 Å². The van der Waals surface area contributed by atoms with Crippen molar-refractivity contribution >= 4 is 12.6 Å². The molecule has 0 spiro atoms. The van der Waals surface area contributed by atoms with Crippen LogP contribution in [-0.4, -0.2) is 56.9 Å². The molecule has 0 amide bonds. The monoisotopic (exact) mass is 545 g/mol. The van der Waals surface area contributed by atoms with Gasteiger partial charge in [0.05, 0.1) is 34.7 Å². The molecule has 1 aromatic heterocycles. The highest BCUT2D eigenvalue weighted by Crippen LogP contribution is 2.41. The number of nitrogens with zero attached hydrogens (tertiary/aromatic N) is 2. The molecule has 4 heterocycles. The number of hydrogen-bond donors (Lipinski definition) is 2. The van der Waals surface area contributed by atoms with Crippen LogP contribution in [0, 0.1) is 0 Å². The summed E-state index contributed by atoms with van der Waals surface area (Å²) in [6.07, 6.45) is 2.78. The minimum atomic E-state index is -0.969. The molecule has 3 aliphatic heterocycles. The average molecular weight is 545 g/mol. The number of rotatable bonds is 5. The predicted molar refractivity (Wildman–Crippen MR) is 155 cm³/mol. The first-order chi connectivity index (χ1) is 18.8. The minimum absolute atomic E-state index is 0.0231. The summed E-state index contributed by atoms with van der Waals surface area (Å²) in [5, 5.41) is 10.7. The highest BCUT2D eigenvalue weighted by molar-refractivity contribution is 6.62. The average Bonchev–Trinajstić information content (AvgIpc) is 3.60. The number of aliphatic hydroxyl groups excluding tert-OH is 1. The Bertz CT molecular complexity index is 1400. The van der Waals surface area contributed by atoms with E-state index < -0.39 is 19.1 Å². The number of likely N-dealkylation sites (tertiary alicyclic amines) is 1. The van der Waals surface area contributed by atoms with Gasteiger partial charge in [-0.25, -0.2) is 9.88 Å². The molecule has 9 heteroatoms. The fourth-order valence-corrected chi connectivity index (χ4v) is 5.69. The van der Waals surface area contributed by atoms with E-state index in [9.17, 15) is 5.11 Å². The van der Waals surface area contributed by atoms with Gasteiger partial charge in [-0.05, 0) is 90.0 Å². The molecule has 2 aromatic carbocycles. The lowest BCUT2D eigenvalue weighted by molar-refractivity contribution is -0.243.